The van der Waals surface area contributed by atoms with E-state index in [0.717, 1.165) is 22.0 Å². The first-order valence-corrected chi connectivity index (χ1v) is 9.30. The number of aryl methyl sites for hydroxylation is 1. The van der Waals surface area contributed by atoms with Crippen LogP contribution in [-0.2, 0) is 17.8 Å². The first-order valence-electron chi connectivity index (χ1n) is 9.30. The van der Waals surface area contributed by atoms with Crippen LogP contribution in [0.1, 0.15) is 17.5 Å². The van der Waals surface area contributed by atoms with E-state index in [1.165, 1.54) is 24.3 Å². The highest BCUT2D eigenvalue weighted by atomic mass is 19.1. The van der Waals surface area contributed by atoms with Crippen molar-refractivity contribution in [2.75, 3.05) is 5.32 Å². The third-order valence-electron chi connectivity index (χ3n) is 4.78. The van der Waals surface area contributed by atoms with Crippen LogP contribution in [0.2, 0.25) is 0 Å². The van der Waals surface area contributed by atoms with Crippen molar-refractivity contribution < 1.29 is 13.6 Å². The number of nitrogens with one attached hydrogen (secondary N) is 1. The van der Waals surface area contributed by atoms with E-state index in [0.29, 0.717) is 18.7 Å². The summed E-state index contributed by atoms with van der Waals surface area (Å²) < 4.78 is 29.0. The summed E-state index contributed by atoms with van der Waals surface area (Å²) in [7, 11) is 0. The monoisotopic (exact) mass is 391 g/mol. The van der Waals surface area contributed by atoms with Crippen molar-refractivity contribution in [3.05, 3.63) is 95.9 Å². The fourth-order valence-electron chi connectivity index (χ4n) is 3.37. The molecule has 146 valence electrons. The molecule has 4 rings (SSSR count). The number of amides is 1. The molecule has 0 radical (unpaired) electrons. The summed E-state index contributed by atoms with van der Waals surface area (Å²) in [5.74, 6) is -0.722. The molecule has 0 saturated heterocycles. The lowest BCUT2D eigenvalue weighted by Gasteiger charge is -2.05. The van der Waals surface area contributed by atoms with Crippen LogP contribution in [0.4, 0.5) is 14.5 Å². The molecular weight excluding hydrogens is 372 g/mol. The number of anilines is 1. The molecule has 1 amide bonds. The summed E-state index contributed by atoms with van der Waals surface area (Å²) in [5, 5.41) is 3.61. The molecule has 2 aromatic carbocycles. The van der Waals surface area contributed by atoms with Gasteiger partial charge in [-0.15, -0.1) is 0 Å². The summed E-state index contributed by atoms with van der Waals surface area (Å²) in [6, 6.07) is 14.4. The van der Waals surface area contributed by atoms with Crippen molar-refractivity contribution in [3.8, 4) is 0 Å². The molecule has 6 heteroatoms. The second kappa shape index (κ2) is 8.22. The van der Waals surface area contributed by atoms with Crippen LogP contribution in [0, 0.1) is 11.6 Å². The second-order valence-corrected chi connectivity index (χ2v) is 6.85. The number of hydrogen-bond donors (Lipinski definition) is 1. The third-order valence-corrected chi connectivity index (χ3v) is 4.78. The summed E-state index contributed by atoms with van der Waals surface area (Å²) in [6.45, 7) is 0.533. The maximum atomic E-state index is 13.8. The SMILES string of the molecule is O=C(CCc1cn(Cc2ccc(F)cc2)c2ccc(F)cc12)Nc1ccncc1. The molecule has 0 atom stereocenters. The summed E-state index contributed by atoms with van der Waals surface area (Å²) in [4.78, 5) is 16.2. The Labute approximate surface area is 166 Å². The number of pyridine rings is 1. The molecule has 2 aromatic heterocycles. The van der Waals surface area contributed by atoms with Gasteiger partial charge in [0.2, 0.25) is 5.91 Å². The molecule has 0 saturated carbocycles. The van der Waals surface area contributed by atoms with Crippen molar-refractivity contribution in [2.24, 2.45) is 0 Å². The molecule has 0 spiro atoms. The van der Waals surface area contributed by atoms with Crippen LogP contribution in [-0.4, -0.2) is 15.5 Å². The van der Waals surface area contributed by atoms with Gasteiger partial charge in [-0.1, -0.05) is 12.1 Å². The van der Waals surface area contributed by atoms with Crippen LogP contribution >= 0.6 is 0 Å². The molecule has 0 fully saturated rings. The summed E-state index contributed by atoms with van der Waals surface area (Å²) in [6.07, 6.45) is 5.91. The van der Waals surface area contributed by atoms with Crippen LogP contribution in [0.15, 0.2) is 73.2 Å². The third kappa shape index (κ3) is 4.48. The maximum Gasteiger partial charge on any atom is 0.224 e. The predicted octanol–water partition coefficient (Wildman–Crippen LogP) is 4.93. The highest BCUT2D eigenvalue weighted by Gasteiger charge is 2.12. The Hall–Kier alpha value is -3.54. The number of benzene rings is 2. The lowest BCUT2D eigenvalue weighted by molar-refractivity contribution is -0.116. The van der Waals surface area contributed by atoms with Crippen molar-refractivity contribution in [1.82, 2.24) is 9.55 Å². The average molecular weight is 391 g/mol. The van der Waals surface area contributed by atoms with Gasteiger partial charge in [0.15, 0.2) is 0 Å². The maximum absolute atomic E-state index is 13.8. The fraction of sp³-hybridized carbons (Fsp3) is 0.130. The van der Waals surface area contributed by atoms with E-state index in [4.69, 9.17) is 0 Å². The van der Waals surface area contributed by atoms with Gasteiger partial charge in [-0.3, -0.25) is 9.78 Å². The molecule has 4 nitrogen and oxygen atoms in total. The number of aromatic nitrogens is 2. The quantitative estimate of drug-likeness (QED) is 0.506. The molecule has 29 heavy (non-hydrogen) atoms. The van der Waals surface area contributed by atoms with Crippen molar-refractivity contribution in [2.45, 2.75) is 19.4 Å². The number of fused-ring (bicyclic) bond motifs is 1. The topological polar surface area (TPSA) is 46.9 Å². The van der Waals surface area contributed by atoms with E-state index in [9.17, 15) is 13.6 Å². The molecule has 0 bridgehead atoms. The number of rotatable bonds is 6. The molecule has 4 aromatic rings. The van der Waals surface area contributed by atoms with Gasteiger partial charge >= 0.3 is 0 Å². The van der Waals surface area contributed by atoms with Crippen LogP contribution < -0.4 is 5.32 Å². The lowest BCUT2D eigenvalue weighted by Crippen LogP contribution is -2.12. The van der Waals surface area contributed by atoms with Gasteiger partial charge in [0, 0.05) is 48.1 Å². The highest BCUT2D eigenvalue weighted by molar-refractivity contribution is 5.91. The van der Waals surface area contributed by atoms with Crippen molar-refractivity contribution >= 4 is 22.5 Å². The predicted molar refractivity (Wildman–Crippen MR) is 109 cm³/mol. The minimum atomic E-state index is -0.320. The van der Waals surface area contributed by atoms with E-state index in [1.807, 2.05) is 10.8 Å². The molecule has 0 aliphatic heterocycles. The zero-order chi connectivity index (χ0) is 20.2. The highest BCUT2D eigenvalue weighted by Crippen LogP contribution is 2.25. The van der Waals surface area contributed by atoms with E-state index in [-0.39, 0.29) is 24.0 Å². The van der Waals surface area contributed by atoms with E-state index in [2.05, 4.69) is 10.3 Å². The van der Waals surface area contributed by atoms with Gasteiger partial charge in [-0.05, 0) is 60.0 Å². The van der Waals surface area contributed by atoms with Gasteiger partial charge < -0.3 is 9.88 Å². The Balaban J connectivity index is 1.54. The first-order chi connectivity index (χ1) is 14.1. The number of hydrogen-bond acceptors (Lipinski definition) is 2. The number of nitrogens with zero attached hydrogens (tertiary/aromatic N) is 2. The van der Waals surface area contributed by atoms with Crippen LogP contribution in [0.3, 0.4) is 0 Å². The Bertz CT molecular complexity index is 1140. The number of carbonyl (C=O) groups is 1. The van der Waals surface area contributed by atoms with Gasteiger partial charge in [-0.25, -0.2) is 8.78 Å². The van der Waals surface area contributed by atoms with Crippen molar-refractivity contribution in [3.63, 3.8) is 0 Å². The Morgan fingerprint density at radius 3 is 2.45 bits per heavy atom. The zero-order valence-corrected chi connectivity index (χ0v) is 15.6. The average Bonchev–Trinajstić information content (AvgIpc) is 3.05. The largest absolute Gasteiger partial charge is 0.343 e. The van der Waals surface area contributed by atoms with Crippen LogP contribution in [0.5, 0.6) is 0 Å². The second-order valence-electron chi connectivity index (χ2n) is 6.85. The molecule has 2 heterocycles. The fourth-order valence-corrected chi connectivity index (χ4v) is 3.37. The number of carbonyl (C=O) groups excluding carboxylic acids is 1. The van der Waals surface area contributed by atoms with Gasteiger partial charge in [0.25, 0.3) is 0 Å². The smallest absolute Gasteiger partial charge is 0.224 e. The normalized spacial score (nSPS) is 11.0. The van der Waals surface area contributed by atoms with E-state index < -0.39 is 0 Å². The van der Waals surface area contributed by atoms with E-state index >= 15 is 0 Å². The lowest BCUT2D eigenvalue weighted by atomic mass is 10.1. The first kappa shape index (κ1) is 18.8. The Morgan fingerprint density at radius 1 is 0.966 bits per heavy atom. The zero-order valence-electron chi connectivity index (χ0n) is 15.6. The molecule has 0 unspecified atom stereocenters. The van der Waals surface area contributed by atoms with Gasteiger partial charge in [-0.2, -0.15) is 0 Å². The van der Waals surface area contributed by atoms with Gasteiger partial charge in [0.1, 0.15) is 11.6 Å². The standard InChI is InChI=1S/C23H19F2N3O/c24-18-4-1-16(2-5-18)14-28-15-17(21-13-19(25)6-7-22(21)28)3-8-23(29)27-20-9-11-26-12-10-20/h1-2,4-7,9-13,15H,3,8,14H2,(H,26,27,29). The van der Waals surface area contributed by atoms with E-state index in [1.54, 1.807) is 42.7 Å². The molecular formula is C23H19F2N3O. The van der Waals surface area contributed by atoms with Crippen LogP contribution in [0.25, 0.3) is 10.9 Å². The Kier molecular flexibility index (Phi) is 5.33. The minimum absolute atomic E-state index is 0.118. The summed E-state index contributed by atoms with van der Waals surface area (Å²) in [5.41, 5.74) is 3.40. The molecule has 1 N–H and O–H groups in total. The minimum Gasteiger partial charge on any atom is -0.343 e. The summed E-state index contributed by atoms with van der Waals surface area (Å²) >= 11 is 0. The van der Waals surface area contributed by atoms with Crippen molar-refractivity contribution in [1.29, 1.82) is 0 Å². The molecule has 0 aliphatic carbocycles. The van der Waals surface area contributed by atoms with Gasteiger partial charge in [0.05, 0.1) is 0 Å². The molecule has 0 aliphatic rings. The number of halogens is 2. The Morgan fingerprint density at radius 2 is 1.69 bits per heavy atom.